The molecule has 1 aromatic heterocycles. The van der Waals surface area contributed by atoms with Gasteiger partial charge in [0.15, 0.2) is 17.5 Å². The number of allylic oxidation sites excluding steroid dienone is 1. The minimum Gasteiger partial charge on any atom is -0.472 e. The number of cyclic esters (lactones) is 1. The van der Waals surface area contributed by atoms with E-state index in [0.29, 0.717) is 36.0 Å². The van der Waals surface area contributed by atoms with Crippen LogP contribution in [0.3, 0.4) is 0 Å². The van der Waals surface area contributed by atoms with Gasteiger partial charge in [-0.2, -0.15) is 0 Å². The van der Waals surface area contributed by atoms with Gasteiger partial charge in [-0.1, -0.05) is 41.5 Å². The number of hydrogen-bond donors (Lipinski definition) is 2. The zero-order valence-corrected chi connectivity index (χ0v) is 25.1. The molecular weight excluding hydrogens is 544 g/mol. The molecule has 3 aliphatic carbocycles. The van der Waals surface area contributed by atoms with Gasteiger partial charge in [-0.15, -0.1) is 0 Å². The van der Waals surface area contributed by atoms with E-state index in [4.69, 9.17) is 18.6 Å². The maximum atomic E-state index is 14.5. The van der Waals surface area contributed by atoms with Crippen LogP contribution in [-0.2, 0) is 33.4 Å². The maximum Gasteiger partial charge on any atom is 0.335 e. The Morgan fingerprint density at radius 2 is 1.86 bits per heavy atom. The number of hydrogen-bond acceptors (Lipinski definition) is 10. The minimum absolute atomic E-state index is 0.432. The van der Waals surface area contributed by atoms with Crippen LogP contribution in [0.15, 0.2) is 46.3 Å². The topological polar surface area (TPSA) is 150 Å². The average Bonchev–Trinajstić information content (AvgIpc) is 3.47. The number of carbonyl (C=O) groups is 4. The molecular formula is C32H40O10. The predicted octanol–water partition coefficient (Wildman–Crippen LogP) is 3.61. The van der Waals surface area contributed by atoms with Crippen molar-refractivity contribution in [3.05, 3.63) is 47.5 Å². The molecule has 2 bridgehead atoms. The van der Waals surface area contributed by atoms with Crippen LogP contribution in [-0.4, -0.2) is 58.8 Å². The van der Waals surface area contributed by atoms with Crippen LogP contribution in [0, 0.1) is 34.0 Å². The summed E-state index contributed by atoms with van der Waals surface area (Å²) in [5.74, 6) is -4.98. The summed E-state index contributed by atoms with van der Waals surface area (Å²) in [7, 11) is 1.15. The Hall–Kier alpha value is -3.24. The zero-order valence-electron chi connectivity index (χ0n) is 25.1. The van der Waals surface area contributed by atoms with Crippen LogP contribution in [0.2, 0.25) is 0 Å². The molecule has 1 aromatic rings. The summed E-state index contributed by atoms with van der Waals surface area (Å²) in [6, 6.07) is 1.73. The highest BCUT2D eigenvalue weighted by Crippen LogP contribution is 2.68. The van der Waals surface area contributed by atoms with Crippen molar-refractivity contribution < 1.29 is 48.0 Å². The van der Waals surface area contributed by atoms with Crippen molar-refractivity contribution in [3.63, 3.8) is 0 Å². The second kappa shape index (κ2) is 9.91. The van der Waals surface area contributed by atoms with E-state index < -0.39 is 81.6 Å². The Kier molecular flexibility index (Phi) is 7.13. The van der Waals surface area contributed by atoms with E-state index >= 15 is 0 Å². The summed E-state index contributed by atoms with van der Waals surface area (Å²) < 4.78 is 22.0. The van der Waals surface area contributed by atoms with Crippen molar-refractivity contribution >= 4 is 23.7 Å². The fourth-order valence-corrected chi connectivity index (χ4v) is 8.41. The highest BCUT2D eigenvalue weighted by Gasteiger charge is 2.75. The Labute approximate surface area is 245 Å². The summed E-state index contributed by atoms with van der Waals surface area (Å²) in [5, 5.41) is 23.9. The number of fused-ring (bicyclic) bond motifs is 6. The lowest BCUT2D eigenvalue weighted by molar-refractivity contribution is -0.234. The SMILES string of the molecule is CC[C@H](C)C(=O)O[C@H]1C(C)(C)[C@H]([C@@H](O)C(=O)OC)[C@]2(C)C(=O)[C@@]1(O)C=C1C3=CC(=O)O[C@@H](c4ccoc4)[C@]3(C)CC[C@@H]12. The maximum absolute atomic E-state index is 14.5. The monoisotopic (exact) mass is 584 g/mol. The van der Waals surface area contributed by atoms with E-state index in [1.54, 1.807) is 33.8 Å². The number of aliphatic hydroxyl groups is 2. The van der Waals surface area contributed by atoms with Crippen LogP contribution in [0.25, 0.3) is 0 Å². The van der Waals surface area contributed by atoms with Crippen LogP contribution in [0.5, 0.6) is 0 Å². The van der Waals surface area contributed by atoms with Gasteiger partial charge < -0.3 is 28.8 Å². The first-order chi connectivity index (χ1) is 19.6. The van der Waals surface area contributed by atoms with Gasteiger partial charge in [0.25, 0.3) is 0 Å². The normalized spacial score (nSPS) is 38.1. The third kappa shape index (κ3) is 3.97. The molecule has 10 heteroatoms. The first-order valence-electron chi connectivity index (χ1n) is 14.5. The van der Waals surface area contributed by atoms with E-state index in [2.05, 4.69) is 0 Å². The molecule has 0 unspecified atom stereocenters. The summed E-state index contributed by atoms with van der Waals surface area (Å²) >= 11 is 0. The van der Waals surface area contributed by atoms with Crippen LogP contribution in [0.1, 0.15) is 72.5 Å². The lowest BCUT2D eigenvalue weighted by atomic mass is 9.40. The largest absolute Gasteiger partial charge is 0.472 e. The fraction of sp³-hybridized carbons (Fsp3) is 0.625. The summed E-state index contributed by atoms with van der Waals surface area (Å²) in [6.45, 7) is 10.5. The molecule has 9 atom stereocenters. The Balaban J connectivity index is 1.75. The van der Waals surface area contributed by atoms with Gasteiger partial charge >= 0.3 is 17.9 Å². The quantitative estimate of drug-likeness (QED) is 0.375. The lowest BCUT2D eigenvalue weighted by Gasteiger charge is -2.65. The number of Topliss-reactive ketones (excluding diaryl/α,β-unsaturated/α-hetero) is 1. The number of furan rings is 1. The molecule has 0 aromatic carbocycles. The standard InChI is InChI=1S/C32H40O10/c1-8-16(2)25(35)42-28-29(3,4)23(22(34)26(36)39-7)31(6)19-9-11-30(5)20(18(19)14-32(28,38)27(31)37)13-21(33)41-24(30)17-10-12-40-15-17/h10,12-16,19,22-24,28,34,38H,8-9,11H2,1-7H3/t16-,19-,22+,23-,24-,28-,30+,31+,32-/m0/s1. The van der Waals surface area contributed by atoms with E-state index in [1.165, 1.54) is 24.7 Å². The summed E-state index contributed by atoms with van der Waals surface area (Å²) in [5.41, 5.74) is -3.99. The number of methoxy groups -OCH3 is 1. The third-order valence-electron chi connectivity index (χ3n) is 10.7. The van der Waals surface area contributed by atoms with Gasteiger partial charge in [0.05, 0.1) is 25.6 Å². The molecule has 0 saturated heterocycles. The number of rotatable bonds is 6. The van der Waals surface area contributed by atoms with Crippen molar-refractivity contribution in [3.8, 4) is 0 Å². The molecule has 5 rings (SSSR count). The number of aliphatic hydroxyl groups excluding tert-OH is 1. The van der Waals surface area contributed by atoms with Crippen molar-refractivity contribution in [2.75, 3.05) is 7.11 Å². The molecule has 4 aliphatic rings. The Bertz CT molecular complexity index is 1370. The van der Waals surface area contributed by atoms with E-state index in [9.17, 15) is 29.4 Å². The first kappa shape index (κ1) is 30.2. The van der Waals surface area contributed by atoms with Crippen molar-refractivity contribution in [2.24, 2.45) is 34.0 Å². The molecule has 228 valence electrons. The minimum atomic E-state index is -2.30. The smallest absolute Gasteiger partial charge is 0.335 e. The Morgan fingerprint density at radius 1 is 1.17 bits per heavy atom. The van der Waals surface area contributed by atoms with Gasteiger partial charge in [0.2, 0.25) is 0 Å². The van der Waals surface area contributed by atoms with Gasteiger partial charge in [-0.3, -0.25) is 9.59 Å². The highest BCUT2D eigenvalue weighted by atomic mass is 16.6. The van der Waals surface area contributed by atoms with Crippen molar-refractivity contribution in [1.29, 1.82) is 0 Å². The average molecular weight is 585 g/mol. The third-order valence-corrected chi connectivity index (χ3v) is 10.7. The zero-order chi connectivity index (χ0) is 31.0. The van der Waals surface area contributed by atoms with E-state index in [0.717, 1.165) is 7.11 Å². The number of ketones is 1. The number of ether oxygens (including phenoxy) is 3. The summed E-state index contributed by atoms with van der Waals surface area (Å²) in [4.78, 5) is 53.6. The molecule has 0 radical (unpaired) electrons. The molecule has 0 spiro atoms. The Morgan fingerprint density at radius 3 is 2.45 bits per heavy atom. The number of carbonyl (C=O) groups excluding carboxylic acids is 4. The van der Waals surface area contributed by atoms with Gasteiger partial charge in [0, 0.05) is 33.8 Å². The van der Waals surface area contributed by atoms with E-state index in [-0.39, 0.29) is 0 Å². The van der Waals surface area contributed by atoms with Crippen LogP contribution < -0.4 is 0 Å². The predicted molar refractivity (Wildman–Crippen MR) is 147 cm³/mol. The molecule has 2 saturated carbocycles. The lowest BCUT2D eigenvalue weighted by Crippen LogP contribution is -2.75. The van der Waals surface area contributed by atoms with Crippen molar-refractivity contribution in [2.45, 2.75) is 84.7 Å². The molecule has 2 N–H and O–H groups in total. The molecule has 1 aliphatic heterocycles. The molecule has 2 fully saturated rings. The highest BCUT2D eigenvalue weighted by molar-refractivity contribution is 6.00. The molecule has 42 heavy (non-hydrogen) atoms. The molecule has 0 amide bonds. The summed E-state index contributed by atoms with van der Waals surface area (Å²) in [6.07, 6.45) is 3.38. The second-order valence-electron chi connectivity index (χ2n) is 13.4. The van der Waals surface area contributed by atoms with Gasteiger partial charge in [-0.25, -0.2) is 9.59 Å². The molecule has 2 heterocycles. The number of esters is 3. The van der Waals surface area contributed by atoms with E-state index in [1.807, 2.05) is 13.8 Å². The van der Waals surface area contributed by atoms with Crippen molar-refractivity contribution in [1.82, 2.24) is 0 Å². The van der Waals surface area contributed by atoms with Crippen LogP contribution in [0.4, 0.5) is 0 Å². The fourth-order valence-electron chi connectivity index (χ4n) is 8.41. The van der Waals surface area contributed by atoms with Crippen LogP contribution >= 0.6 is 0 Å². The van der Waals surface area contributed by atoms with Gasteiger partial charge in [-0.05, 0) is 48.5 Å². The first-order valence-corrected chi connectivity index (χ1v) is 14.5. The van der Waals surface area contributed by atoms with Gasteiger partial charge in [0.1, 0.15) is 12.2 Å². The molecule has 10 nitrogen and oxygen atoms in total. The second-order valence-corrected chi connectivity index (χ2v) is 13.4.